The van der Waals surface area contributed by atoms with E-state index in [9.17, 15) is 0 Å². The van der Waals surface area contributed by atoms with Gasteiger partial charge in [-0.1, -0.05) is 43.7 Å². The summed E-state index contributed by atoms with van der Waals surface area (Å²) in [6.07, 6.45) is 6.85. The van der Waals surface area contributed by atoms with E-state index < -0.39 is 0 Å². The van der Waals surface area contributed by atoms with Crippen LogP contribution >= 0.6 is 0 Å². The van der Waals surface area contributed by atoms with Gasteiger partial charge in [0.25, 0.3) is 0 Å². The third-order valence-electron chi connectivity index (χ3n) is 2.74. The zero-order valence-electron chi connectivity index (χ0n) is 11.7. The second kappa shape index (κ2) is 8.04. The Morgan fingerprint density at radius 2 is 2.05 bits per heavy atom. The molecule has 20 heavy (non-hydrogen) atoms. The SMILES string of the molecule is CCCCC=Nc1ccnc(OCc2ccccc2)n1. The highest BCUT2D eigenvalue weighted by Crippen LogP contribution is 2.12. The molecule has 0 radical (unpaired) electrons. The summed E-state index contributed by atoms with van der Waals surface area (Å²) in [5, 5.41) is 0. The fourth-order valence-corrected chi connectivity index (χ4v) is 1.65. The van der Waals surface area contributed by atoms with E-state index in [0.717, 1.165) is 18.4 Å². The number of aromatic nitrogens is 2. The van der Waals surface area contributed by atoms with Crippen molar-refractivity contribution in [2.75, 3.05) is 0 Å². The summed E-state index contributed by atoms with van der Waals surface area (Å²) in [5.74, 6) is 0.638. The van der Waals surface area contributed by atoms with Gasteiger partial charge >= 0.3 is 6.01 Å². The van der Waals surface area contributed by atoms with Crippen molar-refractivity contribution in [3.05, 3.63) is 48.2 Å². The van der Waals surface area contributed by atoms with Crippen LogP contribution in [0.2, 0.25) is 0 Å². The van der Waals surface area contributed by atoms with Crippen molar-refractivity contribution in [2.45, 2.75) is 32.8 Å². The summed E-state index contributed by atoms with van der Waals surface area (Å²) >= 11 is 0. The highest BCUT2D eigenvalue weighted by molar-refractivity contribution is 5.61. The van der Waals surface area contributed by atoms with Crippen LogP contribution in [0.4, 0.5) is 5.82 Å². The lowest BCUT2D eigenvalue weighted by Gasteiger charge is -2.04. The van der Waals surface area contributed by atoms with Crippen LogP contribution < -0.4 is 4.74 Å². The van der Waals surface area contributed by atoms with E-state index in [-0.39, 0.29) is 0 Å². The molecule has 0 aliphatic carbocycles. The molecule has 2 aromatic rings. The molecule has 1 aromatic carbocycles. The molecule has 0 spiro atoms. The van der Waals surface area contributed by atoms with E-state index in [1.54, 1.807) is 12.3 Å². The maximum absolute atomic E-state index is 5.56. The molecule has 0 amide bonds. The summed E-state index contributed by atoms with van der Waals surface area (Å²) in [6.45, 7) is 2.62. The van der Waals surface area contributed by atoms with E-state index in [0.29, 0.717) is 18.4 Å². The summed E-state index contributed by atoms with van der Waals surface area (Å²) in [6, 6.07) is 12.1. The largest absolute Gasteiger partial charge is 0.459 e. The maximum Gasteiger partial charge on any atom is 0.318 e. The minimum absolute atomic E-state index is 0.360. The number of hydrogen-bond donors (Lipinski definition) is 0. The van der Waals surface area contributed by atoms with Gasteiger partial charge in [-0.05, 0) is 18.4 Å². The first-order chi connectivity index (χ1) is 9.88. The lowest BCUT2D eigenvalue weighted by molar-refractivity contribution is 0.281. The van der Waals surface area contributed by atoms with E-state index in [4.69, 9.17) is 4.74 Å². The van der Waals surface area contributed by atoms with E-state index in [2.05, 4.69) is 21.9 Å². The van der Waals surface area contributed by atoms with Crippen molar-refractivity contribution in [3.8, 4) is 6.01 Å². The lowest BCUT2D eigenvalue weighted by atomic mass is 10.2. The summed E-state index contributed by atoms with van der Waals surface area (Å²) in [5.41, 5.74) is 1.09. The third kappa shape index (κ3) is 4.80. The Balaban J connectivity index is 1.90. The molecule has 104 valence electrons. The molecule has 0 bridgehead atoms. The first kappa shape index (κ1) is 14.2. The molecule has 1 aromatic heterocycles. The van der Waals surface area contributed by atoms with Gasteiger partial charge in [-0.2, -0.15) is 4.98 Å². The van der Waals surface area contributed by atoms with Gasteiger partial charge in [0.15, 0.2) is 5.82 Å². The van der Waals surface area contributed by atoms with Gasteiger partial charge in [0, 0.05) is 18.5 Å². The number of benzene rings is 1. The molecule has 4 nitrogen and oxygen atoms in total. The average molecular weight is 269 g/mol. The Morgan fingerprint density at radius 1 is 1.20 bits per heavy atom. The molecule has 0 aliphatic heterocycles. The van der Waals surface area contributed by atoms with E-state index in [1.807, 2.05) is 36.5 Å². The predicted molar refractivity (Wildman–Crippen MR) is 80.5 cm³/mol. The Labute approximate surface area is 119 Å². The number of aliphatic imine (C=N–C) groups is 1. The van der Waals surface area contributed by atoms with Crippen LogP contribution in [0.5, 0.6) is 6.01 Å². The predicted octanol–water partition coefficient (Wildman–Crippen LogP) is 3.95. The molecule has 0 fully saturated rings. The fourth-order valence-electron chi connectivity index (χ4n) is 1.65. The summed E-state index contributed by atoms with van der Waals surface area (Å²) in [7, 11) is 0. The molecule has 0 saturated heterocycles. The molecule has 0 aliphatic rings. The van der Waals surface area contributed by atoms with Gasteiger partial charge in [0.05, 0.1) is 0 Å². The molecule has 1 heterocycles. The van der Waals surface area contributed by atoms with E-state index >= 15 is 0 Å². The van der Waals surface area contributed by atoms with Crippen molar-refractivity contribution in [1.29, 1.82) is 0 Å². The number of rotatable bonds is 7. The van der Waals surface area contributed by atoms with Gasteiger partial charge < -0.3 is 4.74 Å². The highest BCUT2D eigenvalue weighted by atomic mass is 16.5. The first-order valence-corrected chi connectivity index (χ1v) is 6.91. The monoisotopic (exact) mass is 269 g/mol. The van der Waals surface area contributed by atoms with Crippen LogP contribution in [0, 0.1) is 0 Å². The van der Waals surface area contributed by atoms with Crippen molar-refractivity contribution in [3.63, 3.8) is 0 Å². The molecular formula is C16H19N3O. The van der Waals surface area contributed by atoms with Gasteiger partial charge in [-0.15, -0.1) is 0 Å². The maximum atomic E-state index is 5.56. The summed E-state index contributed by atoms with van der Waals surface area (Å²) in [4.78, 5) is 12.6. The van der Waals surface area contributed by atoms with Crippen LogP contribution in [-0.2, 0) is 6.61 Å². The van der Waals surface area contributed by atoms with Crippen LogP contribution in [0.3, 0.4) is 0 Å². The molecule has 0 atom stereocenters. The third-order valence-corrected chi connectivity index (χ3v) is 2.74. The van der Waals surface area contributed by atoms with Crippen molar-refractivity contribution < 1.29 is 4.74 Å². The molecular weight excluding hydrogens is 250 g/mol. The molecule has 2 rings (SSSR count). The van der Waals surface area contributed by atoms with E-state index in [1.165, 1.54) is 6.42 Å². The van der Waals surface area contributed by atoms with Crippen molar-refractivity contribution in [1.82, 2.24) is 9.97 Å². The van der Waals surface area contributed by atoms with Crippen molar-refractivity contribution in [2.24, 2.45) is 4.99 Å². The second-order valence-electron chi connectivity index (χ2n) is 4.43. The molecule has 0 N–H and O–H groups in total. The van der Waals surface area contributed by atoms with Gasteiger partial charge in [-0.25, -0.2) is 9.98 Å². The van der Waals surface area contributed by atoms with Crippen LogP contribution in [0.25, 0.3) is 0 Å². The Hall–Kier alpha value is -2.23. The second-order valence-corrected chi connectivity index (χ2v) is 4.43. The normalized spacial score (nSPS) is 10.8. The van der Waals surface area contributed by atoms with Gasteiger partial charge in [0.2, 0.25) is 0 Å². The highest BCUT2D eigenvalue weighted by Gasteiger charge is 1.99. The Morgan fingerprint density at radius 3 is 2.85 bits per heavy atom. The lowest BCUT2D eigenvalue weighted by Crippen LogP contribution is -1.98. The fraction of sp³-hybridized carbons (Fsp3) is 0.312. The summed E-state index contributed by atoms with van der Waals surface area (Å²) < 4.78 is 5.56. The minimum atomic E-state index is 0.360. The van der Waals surface area contributed by atoms with Gasteiger partial charge in [-0.3, -0.25) is 0 Å². The minimum Gasteiger partial charge on any atom is -0.459 e. The Bertz CT molecular complexity index is 540. The first-order valence-electron chi connectivity index (χ1n) is 6.91. The van der Waals surface area contributed by atoms with Crippen LogP contribution in [0.1, 0.15) is 31.7 Å². The van der Waals surface area contributed by atoms with Crippen molar-refractivity contribution >= 4 is 12.0 Å². The molecule has 0 unspecified atom stereocenters. The van der Waals surface area contributed by atoms with Crippen LogP contribution in [0.15, 0.2) is 47.6 Å². The molecule has 4 heteroatoms. The smallest absolute Gasteiger partial charge is 0.318 e. The average Bonchev–Trinajstić information content (AvgIpc) is 2.51. The zero-order chi connectivity index (χ0) is 14.0. The molecule has 0 saturated carbocycles. The zero-order valence-corrected chi connectivity index (χ0v) is 11.7. The Kier molecular flexibility index (Phi) is 5.71. The standard InChI is InChI=1S/C16H19N3O/c1-2-3-7-11-17-15-10-12-18-16(19-15)20-13-14-8-5-4-6-9-14/h4-6,8-12H,2-3,7,13H2,1H3. The number of nitrogens with zero attached hydrogens (tertiary/aromatic N) is 3. The number of unbranched alkanes of at least 4 members (excludes halogenated alkanes) is 2. The number of hydrogen-bond acceptors (Lipinski definition) is 4. The topological polar surface area (TPSA) is 47.4 Å². The number of ether oxygens (including phenoxy) is 1. The quantitative estimate of drug-likeness (QED) is 0.565. The van der Waals surface area contributed by atoms with Crippen LogP contribution in [-0.4, -0.2) is 16.2 Å². The van der Waals surface area contributed by atoms with Gasteiger partial charge in [0.1, 0.15) is 6.61 Å².